The van der Waals surface area contributed by atoms with Crippen LogP contribution in [0.25, 0.3) is 44.3 Å². The first-order valence-electron chi connectivity index (χ1n) is 11.8. The molecule has 36 heavy (non-hydrogen) atoms. The first kappa shape index (κ1) is 22.9. The van der Waals surface area contributed by atoms with E-state index in [1.165, 1.54) is 0 Å². The summed E-state index contributed by atoms with van der Waals surface area (Å²) < 4.78 is 4.04. The van der Waals surface area contributed by atoms with Gasteiger partial charge in [0.05, 0.1) is 30.6 Å². The van der Waals surface area contributed by atoms with Gasteiger partial charge in [0.1, 0.15) is 0 Å². The molecule has 6 heteroatoms. The fourth-order valence-corrected chi connectivity index (χ4v) is 5.20. The number of halogens is 2. The Bertz CT molecular complexity index is 1610. The molecule has 2 aromatic heterocycles. The van der Waals surface area contributed by atoms with E-state index in [-0.39, 0.29) is 0 Å². The van der Waals surface area contributed by atoms with Crippen LogP contribution in [0.3, 0.4) is 0 Å². The Morgan fingerprint density at radius 2 is 1.22 bits per heavy atom. The number of fused-ring (bicyclic) bond motifs is 3. The minimum Gasteiger partial charge on any atom is -0.389 e. The van der Waals surface area contributed by atoms with Gasteiger partial charge < -0.3 is 9.67 Å². The van der Waals surface area contributed by atoms with Gasteiger partial charge >= 0.3 is 0 Å². The maximum atomic E-state index is 11.3. The Morgan fingerprint density at radius 1 is 0.667 bits per heavy atom. The van der Waals surface area contributed by atoms with Gasteiger partial charge in [-0.15, -0.1) is 0 Å². The molecule has 0 saturated heterocycles. The topological polar surface area (TPSA) is 43.0 Å². The second-order valence-electron chi connectivity index (χ2n) is 8.92. The van der Waals surface area contributed by atoms with Crippen molar-refractivity contribution in [2.45, 2.75) is 19.2 Å². The lowest BCUT2D eigenvalue weighted by Crippen LogP contribution is -2.23. The van der Waals surface area contributed by atoms with Crippen molar-refractivity contribution >= 4 is 45.0 Å². The predicted molar refractivity (Wildman–Crippen MR) is 149 cm³/mol. The number of benzene rings is 4. The zero-order chi connectivity index (χ0) is 24.6. The number of aliphatic hydroxyl groups excluding tert-OH is 1. The van der Waals surface area contributed by atoms with E-state index in [0.29, 0.717) is 23.1 Å². The van der Waals surface area contributed by atoms with E-state index in [0.717, 1.165) is 44.3 Å². The molecule has 1 N–H and O–H groups in total. The molecule has 1 atom stereocenters. The third-order valence-electron chi connectivity index (χ3n) is 6.49. The molecule has 0 unspecified atom stereocenters. The molecule has 0 spiro atoms. The van der Waals surface area contributed by atoms with Crippen molar-refractivity contribution in [3.05, 3.63) is 113 Å². The first-order chi connectivity index (χ1) is 17.6. The van der Waals surface area contributed by atoms with Gasteiger partial charge in [-0.05, 0) is 48.0 Å². The van der Waals surface area contributed by atoms with E-state index in [1.807, 2.05) is 89.6 Å². The number of aliphatic hydroxyl groups is 1. The highest BCUT2D eigenvalue weighted by Crippen LogP contribution is 2.33. The molecule has 6 aromatic rings. The SMILES string of the molecule is O[C@@H](Cn1nc(-c2ccccc2)cc1-c1ccccc1)Cn1c2ccc(Cl)cc2c2cc(Cl)ccc21. The van der Waals surface area contributed by atoms with Gasteiger partial charge in [-0.25, -0.2) is 0 Å². The monoisotopic (exact) mass is 511 g/mol. The molecule has 0 radical (unpaired) electrons. The van der Waals surface area contributed by atoms with Crippen LogP contribution in [0.4, 0.5) is 0 Å². The predicted octanol–water partition coefficient (Wildman–Crippen LogP) is 7.69. The maximum Gasteiger partial charge on any atom is 0.0929 e. The molecule has 0 aliphatic rings. The molecule has 0 aliphatic heterocycles. The number of hydrogen-bond donors (Lipinski definition) is 1. The molecule has 178 valence electrons. The standard InChI is InChI=1S/C30H23Cl2N3O/c31-22-11-13-28-25(15-22)26-16-23(32)12-14-29(26)34(28)18-24(36)19-35-30(21-9-5-2-6-10-21)17-27(33-35)20-7-3-1-4-8-20/h1-17,24,36H,18-19H2/t24-/m1/s1. The Balaban J connectivity index is 1.38. The molecule has 0 amide bonds. The third-order valence-corrected chi connectivity index (χ3v) is 6.96. The van der Waals surface area contributed by atoms with E-state index in [9.17, 15) is 5.11 Å². The highest BCUT2D eigenvalue weighted by atomic mass is 35.5. The van der Waals surface area contributed by atoms with E-state index in [1.54, 1.807) is 0 Å². The zero-order valence-corrected chi connectivity index (χ0v) is 20.9. The number of nitrogens with zero attached hydrogens (tertiary/aromatic N) is 3. The van der Waals surface area contributed by atoms with Crippen LogP contribution in [0.15, 0.2) is 103 Å². The average molecular weight is 512 g/mol. The molecule has 6 rings (SSSR count). The van der Waals surface area contributed by atoms with Gasteiger partial charge in [0.25, 0.3) is 0 Å². The molecule has 0 bridgehead atoms. The molecule has 0 aliphatic carbocycles. The summed E-state index contributed by atoms with van der Waals surface area (Å²) in [4.78, 5) is 0. The molecular weight excluding hydrogens is 489 g/mol. The maximum absolute atomic E-state index is 11.3. The van der Waals surface area contributed by atoms with Crippen molar-refractivity contribution in [3.8, 4) is 22.5 Å². The van der Waals surface area contributed by atoms with Crippen molar-refractivity contribution in [2.75, 3.05) is 0 Å². The van der Waals surface area contributed by atoms with E-state index < -0.39 is 6.10 Å². The van der Waals surface area contributed by atoms with Crippen LogP contribution < -0.4 is 0 Å². The van der Waals surface area contributed by atoms with Crippen LogP contribution in [0.2, 0.25) is 10.0 Å². The molecule has 4 aromatic carbocycles. The van der Waals surface area contributed by atoms with Crippen molar-refractivity contribution in [1.29, 1.82) is 0 Å². The van der Waals surface area contributed by atoms with Crippen LogP contribution in [0.1, 0.15) is 0 Å². The molecule has 0 fully saturated rings. The van der Waals surface area contributed by atoms with Crippen LogP contribution in [0, 0.1) is 0 Å². The van der Waals surface area contributed by atoms with Crippen molar-refractivity contribution in [2.24, 2.45) is 0 Å². The highest BCUT2D eigenvalue weighted by molar-refractivity contribution is 6.33. The first-order valence-corrected chi connectivity index (χ1v) is 12.6. The van der Waals surface area contributed by atoms with Gasteiger partial charge in [-0.2, -0.15) is 5.10 Å². The fraction of sp³-hybridized carbons (Fsp3) is 0.100. The van der Waals surface area contributed by atoms with Crippen molar-refractivity contribution in [1.82, 2.24) is 14.3 Å². The van der Waals surface area contributed by atoms with Crippen molar-refractivity contribution in [3.63, 3.8) is 0 Å². The van der Waals surface area contributed by atoms with Gasteiger partial charge in [-0.1, -0.05) is 83.9 Å². The summed E-state index contributed by atoms with van der Waals surface area (Å²) in [5.41, 5.74) is 5.95. The van der Waals surface area contributed by atoms with Crippen molar-refractivity contribution < 1.29 is 5.11 Å². The summed E-state index contributed by atoms with van der Waals surface area (Å²) in [5.74, 6) is 0. The third kappa shape index (κ3) is 4.28. The lowest BCUT2D eigenvalue weighted by atomic mass is 10.1. The largest absolute Gasteiger partial charge is 0.389 e. The molecule has 0 saturated carbocycles. The van der Waals surface area contributed by atoms with Crippen LogP contribution in [-0.2, 0) is 13.1 Å². The highest BCUT2D eigenvalue weighted by Gasteiger charge is 2.18. The summed E-state index contributed by atoms with van der Waals surface area (Å²) >= 11 is 12.6. The fourth-order valence-electron chi connectivity index (χ4n) is 4.86. The Morgan fingerprint density at radius 3 is 1.81 bits per heavy atom. The Kier molecular flexibility index (Phi) is 6.02. The van der Waals surface area contributed by atoms with Crippen LogP contribution in [0.5, 0.6) is 0 Å². The summed E-state index contributed by atoms with van der Waals surface area (Å²) in [6, 6.07) is 34.0. The summed E-state index contributed by atoms with van der Waals surface area (Å²) in [6.45, 7) is 0.747. The lowest BCUT2D eigenvalue weighted by molar-refractivity contribution is 0.133. The second kappa shape index (κ2) is 9.47. The van der Waals surface area contributed by atoms with Gasteiger partial charge in [-0.3, -0.25) is 4.68 Å². The Labute approximate surface area is 218 Å². The van der Waals surface area contributed by atoms with Gasteiger partial charge in [0.15, 0.2) is 0 Å². The summed E-state index contributed by atoms with van der Waals surface area (Å²) in [7, 11) is 0. The van der Waals surface area contributed by atoms with Crippen LogP contribution >= 0.6 is 23.2 Å². The molecular formula is C30H23Cl2N3O. The molecule has 2 heterocycles. The number of aromatic nitrogens is 3. The minimum atomic E-state index is -0.679. The minimum absolute atomic E-state index is 0.347. The quantitative estimate of drug-likeness (QED) is 0.249. The van der Waals surface area contributed by atoms with E-state index in [4.69, 9.17) is 28.3 Å². The average Bonchev–Trinajstić information content (AvgIpc) is 3.44. The summed E-state index contributed by atoms with van der Waals surface area (Å²) in [5, 5.41) is 19.6. The van der Waals surface area contributed by atoms with Crippen LogP contribution in [-0.4, -0.2) is 25.6 Å². The Hall–Kier alpha value is -3.57. The smallest absolute Gasteiger partial charge is 0.0929 e. The van der Waals surface area contributed by atoms with Gasteiger partial charge in [0, 0.05) is 37.4 Å². The lowest BCUT2D eigenvalue weighted by Gasteiger charge is -2.16. The summed E-state index contributed by atoms with van der Waals surface area (Å²) in [6.07, 6.45) is -0.679. The second-order valence-corrected chi connectivity index (χ2v) is 9.79. The number of rotatable bonds is 6. The normalized spacial score (nSPS) is 12.4. The van der Waals surface area contributed by atoms with E-state index in [2.05, 4.69) is 22.8 Å². The molecule has 4 nitrogen and oxygen atoms in total. The van der Waals surface area contributed by atoms with Gasteiger partial charge in [0.2, 0.25) is 0 Å². The zero-order valence-electron chi connectivity index (χ0n) is 19.4. The number of hydrogen-bond acceptors (Lipinski definition) is 2. The van der Waals surface area contributed by atoms with E-state index >= 15 is 0 Å².